The Morgan fingerprint density at radius 1 is 1.11 bits per heavy atom. The molecule has 1 aliphatic heterocycles. The zero-order valence-electron chi connectivity index (χ0n) is 15.4. The highest BCUT2D eigenvalue weighted by molar-refractivity contribution is 5.93. The minimum atomic E-state index is -0.0397. The highest BCUT2D eigenvalue weighted by Gasteiger charge is 2.29. The summed E-state index contributed by atoms with van der Waals surface area (Å²) in [4.78, 5) is 36.1. The third kappa shape index (κ3) is 3.30. The number of hydrogen-bond acceptors (Lipinski definition) is 6. The van der Waals surface area contributed by atoms with Gasteiger partial charge in [-0.05, 0) is 19.8 Å². The van der Waals surface area contributed by atoms with Gasteiger partial charge in [0, 0.05) is 50.8 Å². The SMILES string of the molecule is Cc1ncc(-c2nccnc2C2CCCN(C(=O)c3cncnc3)C2)n1C. The van der Waals surface area contributed by atoms with Crippen LogP contribution in [0.1, 0.15) is 40.6 Å². The first kappa shape index (κ1) is 17.3. The van der Waals surface area contributed by atoms with Crippen LogP contribution in [-0.4, -0.2) is 53.4 Å². The molecule has 3 aromatic heterocycles. The van der Waals surface area contributed by atoms with Gasteiger partial charge in [-0.1, -0.05) is 0 Å². The topological polar surface area (TPSA) is 89.7 Å². The van der Waals surface area contributed by atoms with E-state index in [0.29, 0.717) is 12.1 Å². The Kier molecular flexibility index (Phi) is 4.62. The fourth-order valence-electron chi connectivity index (χ4n) is 3.54. The second-order valence-corrected chi connectivity index (χ2v) is 6.76. The zero-order chi connectivity index (χ0) is 18.8. The Hall–Kier alpha value is -3.16. The fraction of sp³-hybridized carbons (Fsp3) is 0.368. The average molecular weight is 363 g/mol. The summed E-state index contributed by atoms with van der Waals surface area (Å²) in [6, 6.07) is 0. The van der Waals surface area contributed by atoms with Crippen LogP contribution in [0.4, 0.5) is 0 Å². The predicted octanol–water partition coefficient (Wildman–Crippen LogP) is 2.00. The Balaban J connectivity index is 1.63. The second-order valence-electron chi connectivity index (χ2n) is 6.76. The molecule has 0 aromatic carbocycles. The summed E-state index contributed by atoms with van der Waals surface area (Å²) in [5, 5.41) is 0. The standard InChI is InChI=1S/C19H21N7O/c1-13-24-10-16(25(13)2)18-17(22-5-6-23-18)14-4-3-7-26(11-14)19(27)15-8-20-12-21-9-15/h5-6,8-10,12,14H,3-4,7,11H2,1-2H3. The number of amides is 1. The van der Waals surface area contributed by atoms with Crippen LogP contribution in [0.15, 0.2) is 37.3 Å². The molecule has 1 aliphatic rings. The van der Waals surface area contributed by atoms with Crippen molar-refractivity contribution in [3.8, 4) is 11.4 Å². The number of rotatable bonds is 3. The van der Waals surface area contributed by atoms with Gasteiger partial charge < -0.3 is 9.47 Å². The Labute approximate surface area is 157 Å². The molecule has 0 bridgehead atoms. The first-order valence-corrected chi connectivity index (χ1v) is 8.99. The van der Waals surface area contributed by atoms with Crippen LogP contribution >= 0.6 is 0 Å². The van der Waals surface area contributed by atoms with E-state index in [0.717, 1.165) is 42.3 Å². The van der Waals surface area contributed by atoms with Crippen LogP contribution in [-0.2, 0) is 7.05 Å². The van der Waals surface area contributed by atoms with Crippen LogP contribution < -0.4 is 0 Å². The van der Waals surface area contributed by atoms with Gasteiger partial charge in [-0.2, -0.15) is 0 Å². The largest absolute Gasteiger partial charge is 0.338 e. The summed E-state index contributed by atoms with van der Waals surface area (Å²) in [6.07, 6.45) is 11.7. The molecule has 1 atom stereocenters. The third-order valence-electron chi connectivity index (χ3n) is 5.09. The van der Waals surface area contributed by atoms with Gasteiger partial charge >= 0.3 is 0 Å². The highest BCUT2D eigenvalue weighted by atomic mass is 16.2. The number of carbonyl (C=O) groups is 1. The molecule has 138 valence electrons. The maximum atomic E-state index is 12.8. The summed E-state index contributed by atoms with van der Waals surface area (Å²) in [5.74, 6) is 1.01. The quantitative estimate of drug-likeness (QED) is 0.707. The molecule has 8 nitrogen and oxygen atoms in total. The molecule has 1 amide bonds. The molecule has 0 spiro atoms. The van der Waals surface area contributed by atoms with Crippen molar-refractivity contribution >= 4 is 5.91 Å². The minimum absolute atomic E-state index is 0.0397. The summed E-state index contributed by atoms with van der Waals surface area (Å²) in [7, 11) is 1.97. The number of imidazole rings is 1. The molecule has 4 heterocycles. The van der Waals surface area contributed by atoms with Crippen LogP contribution in [0, 0.1) is 6.92 Å². The number of hydrogen-bond donors (Lipinski definition) is 0. The van der Waals surface area contributed by atoms with E-state index in [-0.39, 0.29) is 11.8 Å². The van der Waals surface area contributed by atoms with Gasteiger partial charge in [-0.25, -0.2) is 15.0 Å². The van der Waals surface area contributed by atoms with Crippen LogP contribution in [0.25, 0.3) is 11.4 Å². The summed E-state index contributed by atoms with van der Waals surface area (Å²) in [5.41, 5.74) is 3.21. The molecule has 3 aromatic rings. The monoisotopic (exact) mass is 363 g/mol. The maximum Gasteiger partial charge on any atom is 0.257 e. The molecule has 0 aliphatic carbocycles. The number of aryl methyl sites for hydroxylation is 1. The van der Waals surface area contributed by atoms with Crippen molar-refractivity contribution in [2.24, 2.45) is 7.05 Å². The van der Waals surface area contributed by atoms with Gasteiger partial charge in [0.1, 0.15) is 17.8 Å². The normalized spacial score (nSPS) is 17.1. The fourth-order valence-corrected chi connectivity index (χ4v) is 3.54. The minimum Gasteiger partial charge on any atom is -0.338 e. The van der Waals surface area contributed by atoms with Gasteiger partial charge in [0.15, 0.2) is 0 Å². The van der Waals surface area contributed by atoms with Crippen molar-refractivity contribution < 1.29 is 4.79 Å². The lowest BCUT2D eigenvalue weighted by atomic mass is 9.92. The third-order valence-corrected chi connectivity index (χ3v) is 5.09. The molecular formula is C19H21N7O. The molecule has 8 heteroatoms. The second kappa shape index (κ2) is 7.22. The van der Waals surface area contributed by atoms with Gasteiger partial charge in [0.2, 0.25) is 0 Å². The van der Waals surface area contributed by atoms with Crippen molar-refractivity contribution in [1.29, 1.82) is 0 Å². The lowest BCUT2D eigenvalue weighted by Crippen LogP contribution is -2.39. The lowest BCUT2D eigenvalue weighted by molar-refractivity contribution is 0.0705. The van der Waals surface area contributed by atoms with Crippen molar-refractivity contribution in [3.05, 3.63) is 54.4 Å². The molecule has 1 fully saturated rings. The van der Waals surface area contributed by atoms with Crippen LogP contribution in [0.5, 0.6) is 0 Å². The molecule has 1 saturated heterocycles. The number of nitrogens with zero attached hydrogens (tertiary/aromatic N) is 7. The highest BCUT2D eigenvalue weighted by Crippen LogP contribution is 2.32. The van der Waals surface area contributed by atoms with E-state index < -0.39 is 0 Å². The molecule has 0 saturated carbocycles. The zero-order valence-corrected chi connectivity index (χ0v) is 15.4. The maximum absolute atomic E-state index is 12.8. The van der Waals surface area contributed by atoms with Crippen molar-refractivity contribution in [2.45, 2.75) is 25.7 Å². The Morgan fingerprint density at radius 2 is 1.89 bits per heavy atom. The van der Waals surface area contributed by atoms with Crippen molar-refractivity contribution in [1.82, 2.24) is 34.4 Å². The van der Waals surface area contributed by atoms with Crippen molar-refractivity contribution in [2.75, 3.05) is 13.1 Å². The van der Waals surface area contributed by atoms with Crippen molar-refractivity contribution in [3.63, 3.8) is 0 Å². The molecular weight excluding hydrogens is 342 g/mol. The van der Waals surface area contributed by atoms with E-state index in [9.17, 15) is 4.79 Å². The first-order chi connectivity index (χ1) is 13.1. The Morgan fingerprint density at radius 3 is 2.63 bits per heavy atom. The number of carbonyl (C=O) groups excluding carboxylic acids is 1. The van der Waals surface area contributed by atoms with Gasteiger partial charge in [-0.15, -0.1) is 0 Å². The van der Waals surface area contributed by atoms with E-state index in [1.807, 2.05) is 29.6 Å². The number of piperidine rings is 1. The first-order valence-electron chi connectivity index (χ1n) is 8.99. The van der Waals surface area contributed by atoms with Gasteiger partial charge in [0.05, 0.1) is 23.1 Å². The molecule has 0 radical (unpaired) electrons. The predicted molar refractivity (Wildman–Crippen MR) is 98.9 cm³/mol. The summed E-state index contributed by atoms with van der Waals surface area (Å²) < 4.78 is 2.01. The van der Waals surface area contributed by atoms with Crippen LogP contribution in [0.3, 0.4) is 0 Å². The number of likely N-dealkylation sites (tertiary alicyclic amines) is 1. The molecule has 0 N–H and O–H groups in total. The van der Waals surface area contributed by atoms with Gasteiger partial charge in [-0.3, -0.25) is 14.8 Å². The Bertz CT molecular complexity index is 954. The van der Waals surface area contributed by atoms with E-state index in [1.165, 1.54) is 6.33 Å². The van der Waals surface area contributed by atoms with E-state index in [4.69, 9.17) is 0 Å². The van der Waals surface area contributed by atoms with Gasteiger partial charge in [0.25, 0.3) is 5.91 Å². The van der Waals surface area contributed by atoms with Crippen LogP contribution in [0.2, 0.25) is 0 Å². The van der Waals surface area contributed by atoms with E-state index in [1.54, 1.807) is 24.8 Å². The smallest absolute Gasteiger partial charge is 0.257 e. The summed E-state index contributed by atoms with van der Waals surface area (Å²) >= 11 is 0. The molecule has 1 unspecified atom stereocenters. The van der Waals surface area contributed by atoms with E-state index in [2.05, 4.69) is 24.9 Å². The average Bonchev–Trinajstić information content (AvgIpc) is 3.06. The van der Waals surface area contributed by atoms with E-state index >= 15 is 0 Å². The number of aromatic nitrogens is 6. The molecule has 27 heavy (non-hydrogen) atoms. The summed E-state index contributed by atoms with van der Waals surface area (Å²) in [6.45, 7) is 3.30. The molecule has 4 rings (SSSR count). The lowest BCUT2D eigenvalue weighted by Gasteiger charge is -2.33.